The third-order valence-electron chi connectivity index (χ3n) is 5.71. The van der Waals surface area contributed by atoms with Crippen molar-refractivity contribution < 1.29 is 4.79 Å². The van der Waals surface area contributed by atoms with Crippen molar-refractivity contribution in [3.05, 3.63) is 70.9 Å². The average Bonchev–Trinajstić information content (AvgIpc) is 3.06. The van der Waals surface area contributed by atoms with E-state index in [2.05, 4.69) is 34.1 Å². The zero-order valence-corrected chi connectivity index (χ0v) is 16.1. The van der Waals surface area contributed by atoms with E-state index in [0.29, 0.717) is 6.42 Å². The van der Waals surface area contributed by atoms with Gasteiger partial charge < -0.3 is 4.98 Å². The first-order chi connectivity index (χ1) is 13.2. The lowest BCUT2D eigenvalue weighted by Gasteiger charge is -2.27. The summed E-state index contributed by atoms with van der Waals surface area (Å²) in [6.45, 7) is 5.34. The molecule has 0 fully saturated rings. The van der Waals surface area contributed by atoms with E-state index in [9.17, 15) is 4.79 Å². The number of unbranched alkanes of at least 4 members (excludes halogenated alkanes) is 2. The molecule has 0 amide bonds. The number of aromatic amines is 1. The van der Waals surface area contributed by atoms with Crippen LogP contribution in [0.2, 0.25) is 0 Å². The number of hydrogen-bond acceptors (Lipinski definition) is 2. The Hall–Kier alpha value is -2.39. The highest BCUT2D eigenvalue weighted by molar-refractivity contribution is 5.96. The van der Waals surface area contributed by atoms with Gasteiger partial charge in [0.25, 0.3) is 0 Å². The summed E-state index contributed by atoms with van der Waals surface area (Å²) in [5, 5.41) is 1.38. The number of rotatable bonds is 7. The second kappa shape index (κ2) is 8.10. The van der Waals surface area contributed by atoms with Crippen LogP contribution in [0.5, 0.6) is 0 Å². The Morgan fingerprint density at radius 2 is 1.85 bits per heavy atom. The van der Waals surface area contributed by atoms with E-state index >= 15 is 0 Å². The normalized spacial score (nSPS) is 14.4. The second-order valence-electron chi connectivity index (χ2n) is 7.75. The van der Waals surface area contributed by atoms with Gasteiger partial charge in [-0.1, -0.05) is 54.4 Å². The van der Waals surface area contributed by atoms with Crippen LogP contribution in [-0.2, 0) is 13.0 Å². The molecule has 1 aliphatic rings. The molecule has 0 radical (unpaired) electrons. The molecule has 3 aromatic rings. The molecule has 1 aromatic heterocycles. The van der Waals surface area contributed by atoms with Crippen molar-refractivity contribution in [3.63, 3.8) is 0 Å². The molecule has 140 valence electrons. The molecule has 0 saturated heterocycles. The van der Waals surface area contributed by atoms with Crippen LogP contribution in [0.3, 0.4) is 0 Å². The van der Waals surface area contributed by atoms with E-state index in [1.807, 2.05) is 31.2 Å². The van der Waals surface area contributed by atoms with E-state index in [4.69, 9.17) is 0 Å². The van der Waals surface area contributed by atoms with Crippen LogP contribution in [0.15, 0.2) is 48.5 Å². The van der Waals surface area contributed by atoms with E-state index in [1.54, 1.807) is 0 Å². The number of carbonyl (C=O) groups excluding carboxylic acids is 1. The Balaban J connectivity index is 1.22. The first-order valence-electron chi connectivity index (χ1n) is 10.1. The summed E-state index contributed by atoms with van der Waals surface area (Å²) in [5.41, 5.74) is 6.21. The minimum atomic E-state index is 0.274. The fourth-order valence-electron chi connectivity index (χ4n) is 4.09. The molecule has 0 atom stereocenters. The van der Waals surface area contributed by atoms with Crippen molar-refractivity contribution in [2.45, 2.75) is 45.6 Å². The number of nitrogens with zero attached hydrogens (tertiary/aromatic N) is 1. The van der Waals surface area contributed by atoms with Gasteiger partial charge in [-0.25, -0.2) is 0 Å². The van der Waals surface area contributed by atoms with Crippen LogP contribution in [0.1, 0.15) is 52.9 Å². The number of aromatic nitrogens is 1. The minimum absolute atomic E-state index is 0.274. The molecule has 27 heavy (non-hydrogen) atoms. The fraction of sp³-hybridized carbons (Fsp3) is 0.375. The second-order valence-corrected chi connectivity index (χ2v) is 7.75. The summed E-state index contributed by atoms with van der Waals surface area (Å²) < 4.78 is 0. The molecule has 0 saturated carbocycles. The number of nitrogens with one attached hydrogen (secondary N) is 1. The molecule has 1 N–H and O–H groups in total. The molecule has 2 heterocycles. The zero-order chi connectivity index (χ0) is 18.6. The van der Waals surface area contributed by atoms with Gasteiger partial charge in [-0.05, 0) is 37.9 Å². The smallest absolute Gasteiger partial charge is 0.162 e. The highest BCUT2D eigenvalue weighted by atomic mass is 16.1. The predicted molar refractivity (Wildman–Crippen MR) is 111 cm³/mol. The Morgan fingerprint density at radius 1 is 1.04 bits per heavy atom. The number of H-pyrrole nitrogens is 1. The van der Waals surface area contributed by atoms with Crippen LogP contribution in [-0.4, -0.2) is 28.8 Å². The molecule has 0 aliphatic carbocycles. The van der Waals surface area contributed by atoms with E-state index in [0.717, 1.165) is 44.5 Å². The van der Waals surface area contributed by atoms with Crippen LogP contribution in [0.4, 0.5) is 0 Å². The summed E-state index contributed by atoms with van der Waals surface area (Å²) in [4.78, 5) is 18.4. The van der Waals surface area contributed by atoms with Crippen LogP contribution >= 0.6 is 0 Å². The minimum Gasteiger partial charge on any atom is -0.358 e. The van der Waals surface area contributed by atoms with Gasteiger partial charge in [0.15, 0.2) is 5.78 Å². The van der Waals surface area contributed by atoms with Gasteiger partial charge in [0.2, 0.25) is 0 Å². The van der Waals surface area contributed by atoms with Gasteiger partial charge in [0, 0.05) is 48.1 Å². The number of aryl methyl sites for hydroxylation is 1. The SMILES string of the molecule is Cc1ccc(C(=O)CCCCCN2CCc3[nH]c4ccccc4c3C2)cc1. The molecular formula is C24H28N2O. The van der Waals surface area contributed by atoms with Crippen LogP contribution in [0, 0.1) is 6.92 Å². The summed E-state index contributed by atoms with van der Waals surface area (Å²) in [7, 11) is 0. The van der Waals surface area contributed by atoms with Crippen molar-refractivity contribution >= 4 is 16.7 Å². The van der Waals surface area contributed by atoms with Gasteiger partial charge in [-0.2, -0.15) is 0 Å². The summed E-state index contributed by atoms with van der Waals surface area (Å²) in [6.07, 6.45) is 5.04. The van der Waals surface area contributed by atoms with Gasteiger partial charge in [0.05, 0.1) is 0 Å². The molecule has 2 aromatic carbocycles. The first kappa shape index (κ1) is 18.0. The van der Waals surface area contributed by atoms with Crippen molar-refractivity contribution in [1.82, 2.24) is 9.88 Å². The quantitative estimate of drug-likeness (QED) is 0.460. The number of carbonyl (C=O) groups is 1. The van der Waals surface area contributed by atoms with Gasteiger partial charge in [-0.15, -0.1) is 0 Å². The Morgan fingerprint density at radius 3 is 2.70 bits per heavy atom. The molecule has 3 heteroatoms. The monoisotopic (exact) mass is 360 g/mol. The van der Waals surface area contributed by atoms with Crippen molar-refractivity contribution in [2.24, 2.45) is 0 Å². The van der Waals surface area contributed by atoms with Gasteiger partial charge in [0.1, 0.15) is 0 Å². The highest BCUT2D eigenvalue weighted by Gasteiger charge is 2.19. The van der Waals surface area contributed by atoms with Crippen LogP contribution < -0.4 is 0 Å². The molecule has 4 rings (SSSR count). The van der Waals surface area contributed by atoms with Gasteiger partial charge in [-0.3, -0.25) is 9.69 Å². The zero-order valence-electron chi connectivity index (χ0n) is 16.1. The van der Waals surface area contributed by atoms with Gasteiger partial charge >= 0.3 is 0 Å². The van der Waals surface area contributed by atoms with Crippen molar-refractivity contribution in [2.75, 3.05) is 13.1 Å². The average molecular weight is 361 g/mol. The number of ketones is 1. The maximum Gasteiger partial charge on any atom is 0.162 e. The maximum atomic E-state index is 12.2. The number of Topliss-reactive ketones (excluding diaryl/α,β-unsaturated/α-hetero) is 1. The number of hydrogen-bond donors (Lipinski definition) is 1. The number of para-hydroxylation sites is 1. The topological polar surface area (TPSA) is 36.1 Å². The molecule has 0 bridgehead atoms. The molecule has 0 unspecified atom stereocenters. The molecular weight excluding hydrogens is 332 g/mol. The lowest BCUT2D eigenvalue weighted by Crippen LogP contribution is -2.31. The van der Waals surface area contributed by atoms with Crippen molar-refractivity contribution in [3.8, 4) is 0 Å². The molecule has 0 spiro atoms. The predicted octanol–water partition coefficient (Wildman–Crippen LogP) is 5.28. The molecule has 3 nitrogen and oxygen atoms in total. The number of benzene rings is 2. The Bertz CT molecular complexity index is 923. The van der Waals surface area contributed by atoms with Crippen molar-refractivity contribution in [1.29, 1.82) is 0 Å². The Kier molecular flexibility index (Phi) is 5.40. The first-order valence-corrected chi connectivity index (χ1v) is 10.1. The summed E-state index contributed by atoms with van der Waals surface area (Å²) >= 11 is 0. The molecule has 1 aliphatic heterocycles. The lowest BCUT2D eigenvalue weighted by atomic mass is 10.0. The third-order valence-corrected chi connectivity index (χ3v) is 5.71. The maximum absolute atomic E-state index is 12.2. The van der Waals surface area contributed by atoms with E-state index in [1.165, 1.54) is 34.1 Å². The number of fused-ring (bicyclic) bond motifs is 3. The largest absolute Gasteiger partial charge is 0.358 e. The fourth-order valence-corrected chi connectivity index (χ4v) is 4.09. The Labute approximate surface area is 161 Å². The van der Waals surface area contributed by atoms with E-state index < -0.39 is 0 Å². The van der Waals surface area contributed by atoms with Crippen LogP contribution in [0.25, 0.3) is 10.9 Å². The standard InChI is InChI=1S/C24H28N2O/c1-18-10-12-19(13-11-18)24(27)9-3-2-6-15-26-16-14-23-21(17-26)20-7-4-5-8-22(20)25-23/h4-5,7-8,10-13,25H,2-3,6,9,14-17H2,1H3. The van der Waals surface area contributed by atoms with E-state index in [-0.39, 0.29) is 5.78 Å². The highest BCUT2D eigenvalue weighted by Crippen LogP contribution is 2.27. The lowest BCUT2D eigenvalue weighted by molar-refractivity contribution is 0.0978. The summed E-state index contributed by atoms with van der Waals surface area (Å²) in [5.74, 6) is 0.274. The third kappa shape index (κ3) is 4.14. The summed E-state index contributed by atoms with van der Waals surface area (Å²) in [6, 6.07) is 16.5.